The van der Waals surface area contributed by atoms with Crippen molar-refractivity contribution >= 4 is 34.6 Å². The summed E-state index contributed by atoms with van der Waals surface area (Å²) in [5.74, 6) is 0.727. The second-order valence-corrected chi connectivity index (χ2v) is 10.1. The number of para-hydroxylation sites is 1. The zero-order chi connectivity index (χ0) is 25.6. The summed E-state index contributed by atoms with van der Waals surface area (Å²) in [5, 5.41) is 0.531. The fraction of sp³-hybridized carbons (Fsp3) is 0.267. The summed E-state index contributed by atoms with van der Waals surface area (Å²) in [6.07, 6.45) is 7.02. The predicted octanol–water partition coefficient (Wildman–Crippen LogP) is 7.35. The summed E-state index contributed by atoms with van der Waals surface area (Å²) in [4.78, 5) is 20.5. The molecule has 1 saturated carbocycles. The van der Waals surface area contributed by atoms with Crippen LogP contribution in [-0.2, 0) is 11.4 Å². The zero-order valence-electron chi connectivity index (χ0n) is 20.7. The number of aliphatic imine (C=N–C) groups is 1. The first kappa shape index (κ1) is 25.1. The molecule has 190 valence electrons. The van der Waals surface area contributed by atoms with E-state index in [1.807, 2.05) is 54.6 Å². The van der Waals surface area contributed by atoms with Gasteiger partial charge in [-0.1, -0.05) is 67.8 Å². The average molecular weight is 517 g/mol. The summed E-state index contributed by atoms with van der Waals surface area (Å²) < 4.78 is 25.9. The first-order valence-electron chi connectivity index (χ1n) is 12.5. The highest BCUT2D eigenvalue weighted by molar-refractivity contribution is 8.18. The van der Waals surface area contributed by atoms with Crippen molar-refractivity contribution in [3.8, 4) is 11.5 Å². The number of carbonyl (C=O) groups is 1. The van der Waals surface area contributed by atoms with Gasteiger partial charge in [0.05, 0.1) is 12.0 Å². The molecule has 3 aromatic carbocycles. The molecule has 0 unspecified atom stereocenters. The lowest BCUT2D eigenvalue weighted by Crippen LogP contribution is -2.40. The van der Waals surface area contributed by atoms with E-state index in [-0.39, 0.29) is 17.6 Å². The fourth-order valence-electron chi connectivity index (χ4n) is 4.65. The molecule has 37 heavy (non-hydrogen) atoms. The van der Waals surface area contributed by atoms with Crippen molar-refractivity contribution in [3.63, 3.8) is 0 Å². The van der Waals surface area contributed by atoms with E-state index in [2.05, 4.69) is 4.99 Å². The van der Waals surface area contributed by atoms with Crippen LogP contribution in [-0.4, -0.2) is 29.1 Å². The quantitative estimate of drug-likeness (QED) is 0.308. The van der Waals surface area contributed by atoms with Gasteiger partial charge in [0.1, 0.15) is 18.1 Å². The molecule has 5 rings (SSSR count). The summed E-state index contributed by atoms with van der Waals surface area (Å²) in [7, 11) is 1.60. The Morgan fingerprint density at radius 3 is 2.51 bits per heavy atom. The Balaban J connectivity index is 1.42. The van der Waals surface area contributed by atoms with E-state index in [9.17, 15) is 9.18 Å². The number of hydrogen-bond donors (Lipinski definition) is 0. The van der Waals surface area contributed by atoms with Gasteiger partial charge in [-0.25, -0.2) is 9.38 Å². The number of hydrogen-bond acceptors (Lipinski definition) is 5. The Morgan fingerprint density at radius 1 is 1.00 bits per heavy atom. The topological polar surface area (TPSA) is 51.1 Å². The molecule has 1 aliphatic heterocycles. The second-order valence-electron chi connectivity index (χ2n) is 9.11. The van der Waals surface area contributed by atoms with Crippen LogP contribution in [0.25, 0.3) is 6.08 Å². The molecular formula is C30H29FN2O3S. The molecule has 0 spiro atoms. The molecule has 5 nitrogen and oxygen atoms in total. The lowest BCUT2D eigenvalue weighted by Gasteiger charge is -2.30. The Kier molecular flexibility index (Phi) is 7.90. The maximum Gasteiger partial charge on any atom is 0.267 e. The molecule has 3 aromatic rings. The number of rotatable bonds is 7. The second kappa shape index (κ2) is 11.6. The fourth-order valence-corrected chi connectivity index (χ4v) is 5.70. The highest BCUT2D eigenvalue weighted by Gasteiger charge is 2.38. The summed E-state index contributed by atoms with van der Waals surface area (Å²) >= 11 is 1.29. The summed E-state index contributed by atoms with van der Waals surface area (Å²) in [6, 6.07) is 22.0. The number of amides is 1. The molecular weight excluding hydrogens is 487 g/mol. The van der Waals surface area contributed by atoms with Gasteiger partial charge in [0.2, 0.25) is 0 Å². The molecule has 2 aliphatic rings. The van der Waals surface area contributed by atoms with Crippen LogP contribution in [0.15, 0.2) is 82.7 Å². The van der Waals surface area contributed by atoms with E-state index in [0.717, 1.165) is 36.8 Å². The number of ether oxygens (including phenoxy) is 2. The molecule has 0 bridgehead atoms. The molecule has 1 heterocycles. The van der Waals surface area contributed by atoms with E-state index in [1.54, 1.807) is 30.2 Å². The smallest absolute Gasteiger partial charge is 0.267 e. The Labute approximate surface area is 221 Å². The molecule has 7 heteroatoms. The zero-order valence-corrected chi connectivity index (χ0v) is 21.5. The van der Waals surface area contributed by atoms with Crippen LogP contribution in [0.3, 0.4) is 0 Å². The average Bonchev–Trinajstić information content (AvgIpc) is 3.24. The van der Waals surface area contributed by atoms with Crippen LogP contribution >= 0.6 is 11.8 Å². The van der Waals surface area contributed by atoms with Crippen LogP contribution in [0.5, 0.6) is 11.5 Å². The van der Waals surface area contributed by atoms with Crippen LogP contribution in [0.4, 0.5) is 10.1 Å². The van der Waals surface area contributed by atoms with Gasteiger partial charge in [0.25, 0.3) is 5.91 Å². The number of nitrogens with zero attached hydrogens (tertiary/aromatic N) is 2. The highest BCUT2D eigenvalue weighted by Crippen LogP contribution is 2.39. The third-order valence-electron chi connectivity index (χ3n) is 6.57. The minimum Gasteiger partial charge on any atom is -0.493 e. The largest absolute Gasteiger partial charge is 0.493 e. The SMILES string of the molecule is COc1cc(/C=C2\SC(=Nc3ccccc3F)N(C3CCCCC3)C2=O)ccc1OCc1ccccc1. The van der Waals surface area contributed by atoms with Crippen molar-refractivity contribution in [2.75, 3.05) is 7.11 Å². The van der Waals surface area contributed by atoms with Gasteiger partial charge in [-0.2, -0.15) is 0 Å². The van der Waals surface area contributed by atoms with Crippen molar-refractivity contribution in [2.24, 2.45) is 4.99 Å². The van der Waals surface area contributed by atoms with Gasteiger partial charge in [0.15, 0.2) is 16.7 Å². The molecule has 0 atom stereocenters. The van der Waals surface area contributed by atoms with Crippen molar-refractivity contribution in [1.29, 1.82) is 0 Å². The highest BCUT2D eigenvalue weighted by atomic mass is 32.2. The lowest BCUT2D eigenvalue weighted by atomic mass is 9.94. The van der Waals surface area contributed by atoms with E-state index < -0.39 is 5.82 Å². The Bertz CT molecular complexity index is 1320. The van der Waals surface area contributed by atoms with Crippen molar-refractivity contribution in [2.45, 2.75) is 44.8 Å². The first-order valence-corrected chi connectivity index (χ1v) is 13.3. The van der Waals surface area contributed by atoms with Crippen LogP contribution in [0.2, 0.25) is 0 Å². The Hall–Kier alpha value is -3.58. The van der Waals surface area contributed by atoms with Crippen molar-refractivity contribution in [1.82, 2.24) is 4.90 Å². The molecule has 0 radical (unpaired) electrons. The van der Waals surface area contributed by atoms with Crippen LogP contribution in [0.1, 0.15) is 43.2 Å². The van der Waals surface area contributed by atoms with Gasteiger partial charge < -0.3 is 9.47 Å². The van der Waals surface area contributed by atoms with Gasteiger partial charge in [0, 0.05) is 6.04 Å². The van der Waals surface area contributed by atoms with Crippen LogP contribution < -0.4 is 9.47 Å². The molecule has 0 aromatic heterocycles. The maximum absolute atomic E-state index is 14.4. The number of halogens is 1. The lowest BCUT2D eigenvalue weighted by molar-refractivity contribution is -0.124. The van der Waals surface area contributed by atoms with Gasteiger partial charge in [-0.3, -0.25) is 9.69 Å². The number of thioether (sulfide) groups is 1. The minimum absolute atomic E-state index is 0.0773. The third-order valence-corrected chi connectivity index (χ3v) is 7.55. The number of methoxy groups -OCH3 is 1. The van der Waals surface area contributed by atoms with Crippen LogP contribution in [0, 0.1) is 5.82 Å². The monoisotopic (exact) mass is 516 g/mol. The molecule has 0 N–H and O–H groups in total. The first-order chi connectivity index (χ1) is 18.1. The van der Waals surface area contributed by atoms with Gasteiger partial charge >= 0.3 is 0 Å². The number of benzene rings is 3. The van der Waals surface area contributed by atoms with E-state index in [0.29, 0.717) is 28.2 Å². The van der Waals surface area contributed by atoms with Gasteiger partial charge in [-0.05, 0) is 66.1 Å². The standard InChI is InChI=1S/C30H29FN2O3S/c1-35-27-18-22(16-17-26(27)36-20-21-10-4-2-5-11-21)19-28-29(34)33(23-12-6-3-7-13-23)30(37-28)32-25-15-9-8-14-24(25)31/h2,4-5,8-11,14-19,23H,3,6-7,12-13,20H2,1H3/b28-19-,32-30?. The van der Waals surface area contributed by atoms with E-state index >= 15 is 0 Å². The Morgan fingerprint density at radius 2 is 1.76 bits per heavy atom. The number of carbonyl (C=O) groups excluding carboxylic acids is 1. The van der Waals surface area contributed by atoms with E-state index in [1.165, 1.54) is 24.2 Å². The summed E-state index contributed by atoms with van der Waals surface area (Å²) in [5.41, 5.74) is 2.12. The third kappa shape index (κ3) is 5.88. The normalized spacial score (nSPS) is 18.5. The molecule has 2 fully saturated rings. The van der Waals surface area contributed by atoms with Crippen molar-refractivity contribution in [3.05, 3.63) is 94.6 Å². The molecule has 1 saturated heterocycles. The van der Waals surface area contributed by atoms with Gasteiger partial charge in [-0.15, -0.1) is 0 Å². The summed E-state index contributed by atoms with van der Waals surface area (Å²) in [6.45, 7) is 0.429. The number of amidine groups is 1. The van der Waals surface area contributed by atoms with E-state index in [4.69, 9.17) is 9.47 Å². The minimum atomic E-state index is -0.403. The molecule has 1 amide bonds. The molecule has 1 aliphatic carbocycles. The van der Waals surface area contributed by atoms with Crippen molar-refractivity contribution < 1.29 is 18.7 Å². The maximum atomic E-state index is 14.4. The predicted molar refractivity (Wildman–Crippen MR) is 147 cm³/mol.